The standard InChI is InChI=1S/C25H21N5O/c1-16-10-22-23(29-12-16)24(26)30-25(22,19-6-8-21(31-2)9-7-19)20-5-3-4-17(11-20)18-13-27-15-28-14-18/h3-15H,1-2H3,(H2,26,30). The maximum Gasteiger partial charge on any atom is 0.146 e. The lowest BCUT2D eigenvalue weighted by Crippen LogP contribution is -2.25. The fraction of sp³-hybridized carbons (Fsp3) is 0.120. The number of aryl methyl sites for hydroxylation is 1. The number of pyridine rings is 1. The van der Waals surface area contributed by atoms with E-state index in [0.717, 1.165) is 44.8 Å². The van der Waals surface area contributed by atoms with E-state index < -0.39 is 5.54 Å². The van der Waals surface area contributed by atoms with Gasteiger partial charge in [0.05, 0.1) is 7.11 Å². The van der Waals surface area contributed by atoms with Gasteiger partial charge in [-0.1, -0.05) is 30.3 Å². The van der Waals surface area contributed by atoms with E-state index in [4.69, 9.17) is 15.5 Å². The average Bonchev–Trinajstić information content (AvgIpc) is 3.12. The fourth-order valence-electron chi connectivity index (χ4n) is 4.15. The SMILES string of the molecule is COc1ccc(C2(c3cccc(-c4cncnc4)c3)N=C(N)c3ncc(C)cc32)cc1. The van der Waals surface area contributed by atoms with Crippen molar-refractivity contribution in [1.29, 1.82) is 0 Å². The summed E-state index contributed by atoms with van der Waals surface area (Å²) >= 11 is 0. The number of hydrogen-bond donors (Lipinski definition) is 1. The minimum atomic E-state index is -0.809. The van der Waals surface area contributed by atoms with E-state index in [1.54, 1.807) is 19.5 Å². The first-order valence-corrected chi connectivity index (χ1v) is 9.95. The number of aliphatic imine (C=N–C) groups is 1. The molecule has 6 nitrogen and oxygen atoms in total. The van der Waals surface area contributed by atoms with Crippen molar-refractivity contribution in [2.24, 2.45) is 10.7 Å². The van der Waals surface area contributed by atoms with Crippen LogP contribution in [0.2, 0.25) is 0 Å². The number of aromatic nitrogens is 3. The highest BCUT2D eigenvalue weighted by Gasteiger charge is 2.44. The van der Waals surface area contributed by atoms with E-state index in [1.807, 2.05) is 49.5 Å². The highest BCUT2D eigenvalue weighted by atomic mass is 16.5. The fourth-order valence-corrected chi connectivity index (χ4v) is 4.15. The summed E-state index contributed by atoms with van der Waals surface area (Å²) in [7, 11) is 1.66. The number of methoxy groups -OCH3 is 1. The Balaban J connectivity index is 1.79. The summed E-state index contributed by atoms with van der Waals surface area (Å²) in [5, 5.41) is 0. The number of nitrogens with zero attached hydrogens (tertiary/aromatic N) is 4. The summed E-state index contributed by atoms with van der Waals surface area (Å²) in [4.78, 5) is 17.9. The number of amidine groups is 1. The van der Waals surface area contributed by atoms with Gasteiger partial charge in [0.25, 0.3) is 0 Å². The van der Waals surface area contributed by atoms with Gasteiger partial charge in [0.15, 0.2) is 0 Å². The molecule has 0 radical (unpaired) electrons. The summed E-state index contributed by atoms with van der Waals surface area (Å²) in [6.45, 7) is 2.03. The molecular weight excluding hydrogens is 386 g/mol. The Hall–Kier alpha value is -4.06. The van der Waals surface area contributed by atoms with Crippen LogP contribution in [0, 0.1) is 6.92 Å². The van der Waals surface area contributed by atoms with Crippen molar-refractivity contribution in [3.63, 3.8) is 0 Å². The van der Waals surface area contributed by atoms with Gasteiger partial charge in [0, 0.05) is 29.7 Å². The van der Waals surface area contributed by atoms with Gasteiger partial charge in [0.2, 0.25) is 0 Å². The van der Waals surface area contributed by atoms with Crippen molar-refractivity contribution in [2.45, 2.75) is 12.5 Å². The molecule has 1 aliphatic rings. The van der Waals surface area contributed by atoms with Gasteiger partial charge < -0.3 is 10.5 Å². The molecule has 0 spiro atoms. The lowest BCUT2D eigenvalue weighted by Gasteiger charge is -2.29. The van der Waals surface area contributed by atoms with E-state index in [2.05, 4.69) is 33.2 Å². The van der Waals surface area contributed by atoms with Gasteiger partial charge >= 0.3 is 0 Å². The average molecular weight is 407 g/mol. The van der Waals surface area contributed by atoms with Gasteiger partial charge in [-0.2, -0.15) is 0 Å². The molecular formula is C25H21N5O. The van der Waals surface area contributed by atoms with Crippen molar-refractivity contribution in [3.05, 3.63) is 107 Å². The third-order valence-electron chi connectivity index (χ3n) is 5.63. The molecule has 0 amide bonds. The second-order valence-corrected chi connectivity index (χ2v) is 7.55. The Bertz CT molecular complexity index is 1290. The van der Waals surface area contributed by atoms with Crippen LogP contribution in [0.4, 0.5) is 0 Å². The highest BCUT2D eigenvalue weighted by Crippen LogP contribution is 2.46. The summed E-state index contributed by atoms with van der Waals surface area (Å²) in [5.74, 6) is 1.21. The molecule has 152 valence electrons. The van der Waals surface area contributed by atoms with E-state index in [0.29, 0.717) is 5.84 Å². The van der Waals surface area contributed by atoms with Crippen LogP contribution in [-0.2, 0) is 5.54 Å². The molecule has 3 heterocycles. The molecule has 5 rings (SSSR count). The molecule has 1 unspecified atom stereocenters. The zero-order chi connectivity index (χ0) is 21.4. The lowest BCUT2D eigenvalue weighted by atomic mass is 9.77. The van der Waals surface area contributed by atoms with E-state index >= 15 is 0 Å². The van der Waals surface area contributed by atoms with Crippen LogP contribution < -0.4 is 10.5 Å². The maximum atomic E-state index is 6.39. The molecule has 0 saturated heterocycles. The number of fused-ring (bicyclic) bond motifs is 1. The van der Waals surface area contributed by atoms with Gasteiger partial charge in [0.1, 0.15) is 29.1 Å². The Morgan fingerprint density at radius 1 is 0.871 bits per heavy atom. The van der Waals surface area contributed by atoms with Crippen LogP contribution in [0.25, 0.3) is 11.1 Å². The predicted molar refractivity (Wildman–Crippen MR) is 120 cm³/mol. The maximum absolute atomic E-state index is 6.39. The largest absolute Gasteiger partial charge is 0.497 e. The molecule has 0 fully saturated rings. The normalized spacial score (nSPS) is 17.2. The first-order chi connectivity index (χ1) is 15.1. The molecule has 6 heteroatoms. The Morgan fingerprint density at radius 3 is 2.39 bits per heavy atom. The lowest BCUT2D eigenvalue weighted by molar-refractivity contribution is 0.414. The first kappa shape index (κ1) is 18.9. The molecule has 2 N–H and O–H groups in total. The quantitative estimate of drug-likeness (QED) is 0.555. The first-order valence-electron chi connectivity index (χ1n) is 9.95. The molecule has 4 aromatic rings. The molecule has 2 aromatic heterocycles. The summed E-state index contributed by atoms with van der Waals surface area (Å²) < 4.78 is 5.37. The summed E-state index contributed by atoms with van der Waals surface area (Å²) in [6.07, 6.45) is 6.96. The third kappa shape index (κ3) is 3.04. The number of ether oxygens (including phenoxy) is 1. The molecule has 0 bridgehead atoms. The number of nitrogens with two attached hydrogens (primary N) is 1. The molecule has 31 heavy (non-hydrogen) atoms. The van der Waals surface area contributed by atoms with Crippen molar-refractivity contribution in [2.75, 3.05) is 7.11 Å². The van der Waals surface area contributed by atoms with Gasteiger partial charge in [-0.05, 0) is 53.4 Å². The van der Waals surface area contributed by atoms with Crippen molar-refractivity contribution in [1.82, 2.24) is 15.0 Å². The van der Waals surface area contributed by atoms with Crippen LogP contribution in [0.15, 0.2) is 84.5 Å². The molecule has 0 saturated carbocycles. The van der Waals surface area contributed by atoms with Crippen LogP contribution in [-0.4, -0.2) is 27.9 Å². The topological polar surface area (TPSA) is 86.3 Å². The zero-order valence-corrected chi connectivity index (χ0v) is 17.3. The smallest absolute Gasteiger partial charge is 0.146 e. The summed E-state index contributed by atoms with van der Waals surface area (Å²) in [5.41, 5.74) is 12.3. The van der Waals surface area contributed by atoms with E-state index in [9.17, 15) is 0 Å². The monoisotopic (exact) mass is 407 g/mol. The van der Waals surface area contributed by atoms with Gasteiger partial charge in [-0.25, -0.2) is 15.0 Å². The predicted octanol–water partition coefficient (Wildman–Crippen LogP) is 3.87. The minimum Gasteiger partial charge on any atom is -0.497 e. The number of benzene rings is 2. The van der Waals surface area contributed by atoms with Gasteiger partial charge in [-0.15, -0.1) is 0 Å². The van der Waals surface area contributed by atoms with Crippen LogP contribution >= 0.6 is 0 Å². The van der Waals surface area contributed by atoms with Crippen LogP contribution in [0.5, 0.6) is 5.75 Å². The molecule has 0 aliphatic carbocycles. The van der Waals surface area contributed by atoms with Crippen molar-refractivity contribution >= 4 is 5.84 Å². The van der Waals surface area contributed by atoms with E-state index in [-0.39, 0.29) is 0 Å². The van der Waals surface area contributed by atoms with Crippen molar-refractivity contribution < 1.29 is 4.74 Å². The van der Waals surface area contributed by atoms with Crippen molar-refractivity contribution in [3.8, 4) is 16.9 Å². The number of hydrogen-bond acceptors (Lipinski definition) is 6. The van der Waals surface area contributed by atoms with E-state index in [1.165, 1.54) is 6.33 Å². The molecule has 1 aliphatic heterocycles. The highest BCUT2D eigenvalue weighted by molar-refractivity contribution is 6.01. The Morgan fingerprint density at radius 2 is 1.65 bits per heavy atom. The Labute approximate surface area is 180 Å². The van der Waals surface area contributed by atoms with Crippen LogP contribution in [0.3, 0.4) is 0 Å². The second-order valence-electron chi connectivity index (χ2n) is 7.55. The van der Waals surface area contributed by atoms with Crippen LogP contribution in [0.1, 0.15) is 27.9 Å². The van der Waals surface area contributed by atoms with Gasteiger partial charge in [-0.3, -0.25) is 4.98 Å². The Kier molecular flexibility index (Phi) is 4.47. The molecule has 1 atom stereocenters. The molecule has 2 aromatic carbocycles. The number of rotatable bonds is 4. The third-order valence-corrected chi connectivity index (χ3v) is 5.63. The second kappa shape index (κ2) is 7.32. The summed E-state index contributed by atoms with van der Waals surface area (Å²) in [6, 6.07) is 18.3. The zero-order valence-electron chi connectivity index (χ0n) is 17.3. The minimum absolute atomic E-state index is 0.430.